The van der Waals surface area contributed by atoms with Crippen LogP contribution in [0.15, 0.2) is 0 Å². The van der Waals surface area contributed by atoms with E-state index in [1.807, 2.05) is 0 Å². The van der Waals surface area contributed by atoms with Gasteiger partial charge in [-0.2, -0.15) is 4.37 Å². The molecule has 0 aliphatic heterocycles. The van der Waals surface area contributed by atoms with Gasteiger partial charge in [0, 0.05) is 7.05 Å². The van der Waals surface area contributed by atoms with E-state index in [4.69, 9.17) is 14.2 Å². The van der Waals surface area contributed by atoms with Crippen LogP contribution in [-0.4, -0.2) is 55.1 Å². The summed E-state index contributed by atoms with van der Waals surface area (Å²) in [5, 5.41) is 6.01. The van der Waals surface area contributed by atoms with E-state index in [1.165, 1.54) is 0 Å². The quantitative estimate of drug-likeness (QED) is 0.420. The zero-order chi connectivity index (χ0) is 23.1. The average Bonchev–Trinajstić information content (AvgIpc) is 3.26. The lowest BCUT2D eigenvalue weighted by molar-refractivity contribution is -0.119. The van der Waals surface area contributed by atoms with Gasteiger partial charge in [0.15, 0.2) is 6.61 Å². The van der Waals surface area contributed by atoms with E-state index < -0.39 is 30.4 Å². The predicted molar refractivity (Wildman–Crippen MR) is 116 cm³/mol. The van der Waals surface area contributed by atoms with Gasteiger partial charge in [0.1, 0.15) is 20.4 Å². The first-order chi connectivity index (χ1) is 14.7. The number of thiophene rings is 1. The summed E-state index contributed by atoms with van der Waals surface area (Å²) in [5.41, 5.74) is 1.14. The van der Waals surface area contributed by atoms with Crippen molar-refractivity contribution in [3.05, 3.63) is 27.3 Å². The number of carbonyl (C=O) groups excluding carboxylic acids is 4. The number of aromatic nitrogens is 1. The number of nitrogens with zero attached hydrogens (tertiary/aromatic N) is 1. The summed E-state index contributed by atoms with van der Waals surface area (Å²) in [5.74, 6) is -2.67. The van der Waals surface area contributed by atoms with Crippen LogP contribution in [0.2, 0.25) is 0 Å². The molecule has 2 N–H and O–H groups in total. The molecule has 0 fully saturated rings. The van der Waals surface area contributed by atoms with Crippen molar-refractivity contribution in [1.82, 2.24) is 4.37 Å². The first-order valence-electron chi connectivity index (χ1n) is 9.33. The van der Waals surface area contributed by atoms with Gasteiger partial charge >= 0.3 is 17.9 Å². The molecule has 0 bridgehead atoms. The molecule has 0 unspecified atom stereocenters. The van der Waals surface area contributed by atoms with Crippen molar-refractivity contribution in [3.8, 4) is 0 Å². The Bertz CT molecular complexity index is 997. The Morgan fingerprint density at radius 3 is 2.13 bits per heavy atom. The largest absolute Gasteiger partial charge is 0.462 e. The van der Waals surface area contributed by atoms with Gasteiger partial charge in [-0.1, -0.05) is 0 Å². The monoisotopic (exact) mass is 469 g/mol. The summed E-state index contributed by atoms with van der Waals surface area (Å²) < 4.78 is 19.2. The third-order valence-electron chi connectivity index (χ3n) is 3.97. The Balaban J connectivity index is 2.18. The number of hydrogen-bond acceptors (Lipinski definition) is 11. The molecule has 2 aromatic heterocycles. The lowest BCUT2D eigenvalue weighted by atomic mass is 10.1. The van der Waals surface area contributed by atoms with E-state index in [1.54, 1.807) is 34.7 Å². The summed E-state index contributed by atoms with van der Waals surface area (Å²) in [6.45, 7) is 6.22. The fourth-order valence-corrected chi connectivity index (χ4v) is 4.43. The number of nitrogens with one attached hydrogen (secondary N) is 2. The predicted octanol–water partition coefficient (Wildman–Crippen LogP) is 3.01. The van der Waals surface area contributed by atoms with Gasteiger partial charge in [-0.05, 0) is 44.8 Å². The topological polar surface area (TPSA) is 133 Å². The molecule has 0 saturated heterocycles. The van der Waals surface area contributed by atoms with Gasteiger partial charge in [0.25, 0.3) is 5.91 Å². The normalized spacial score (nSPS) is 10.4. The van der Waals surface area contributed by atoms with Crippen molar-refractivity contribution in [2.45, 2.75) is 27.7 Å². The zero-order valence-electron chi connectivity index (χ0n) is 17.7. The lowest BCUT2D eigenvalue weighted by Gasteiger charge is -2.08. The van der Waals surface area contributed by atoms with Crippen molar-refractivity contribution in [2.24, 2.45) is 0 Å². The fraction of sp³-hybridized carbons (Fsp3) is 0.421. The molecule has 10 nitrogen and oxygen atoms in total. The van der Waals surface area contributed by atoms with Gasteiger partial charge in [-0.15, -0.1) is 11.3 Å². The second kappa shape index (κ2) is 10.9. The van der Waals surface area contributed by atoms with Crippen molar-refractivity contribution >= 4 is 56.7 Å². The van der Waals surface area contributed by atoms with Crippen LogP contribution in [0.1, 0.15) is 55.5 Å². The molecular weight excluding hydrogens is 446 g/mol. The van der Waals surface area contributed by atoms with Crippen molar-refractivity contribution in [2.75, 3.05) is 37.5 Å². The summed E-state index contributed by atoms with van der Waals surface area (Å²) in [6.07, 6.45) is 0. The molecule has 0 radical (unpaired) electrons. The van der Waals surface area contributed by atoms with E-state index in [0.717, 1.165) is 22.9 Å². The van der Waals surface area contributed by atoms with Crippen LogP contribution in [0.25, 0.3) is 0 Å². The molecule has 0 aromatic carbocycles. The molecule has 2 aromatic rings. The number of hydrogen-bond donors (Lipinski definition) is 2. The van der Waals surface area contributed by atoms with Crippen molar-refractivity contribution in [1.29, 1.82) is 0 Å². The maximum absolute atomic E-state index is 12.4. The summed E-state index contributed by atoms with van der Waals surface area (Å²) in [4.78, 5) is 49.5. The number of amides is 1. The van der Waals surface area contributed by atoms with Gasteiger partial charge in [0.05, 0.1) is 24.5 Å². The number of ether oxygens (including phenoxy) is 3. The van der Waals surface area contributed by atoms with E-state index >= 15 is 0 Å². The second-order valence-corrected chi connectivity index (χ2v) is 7.84. The SMILES string of the molecule is CCOC(=O)c1sc(NC(=O)COC(=O)c2c(C)nsc2NC)c(C(=O)OCC)c1C. The van der Waals surface area contributed by atoms with E-state index in [2.05, 4.69) is 15.0 Å². The minimum atomic E-state index is -0.703. The third-order valence-corrected chi connectivity index (χ3v) is 6.11. The van der Waals surface area contributed by atoms with Crippen LogP contribution in [0, 0.1) is 13.8 Å². The Morgan fingerprint density at radius 2 is 1.52 bits per heavy atom. The molecule has 0 spiro atoms. The zero-order valence-corrected chi connectivity index (χ0v) is 19.4. The number of carbonyl (C=O) groups is 4. The highest BCUT2D eigenvalue weighted by molar-refractivity contribution is 7.18. The van der Waals surface area contributed by atoms with Crippen LogP contribution in [0.5, 0.6) is 0 Å². The highest BCUT2D eigenvalue weighted by Crippen LogP contribution is 2.34. The van der Waals surface area contributed by atoms with Crippen LogP contribution < -0.4 is 10.6 Å². The molecule has 0 saturated carbocycles. The highest BCUT2D eigenvalue weighted by atomic mass is 32.1. The molecule has 168 valence electrons. The molecule has 1 amide bonds. The summed E-state index contributed by atoms with van der Waals surface area (Å²) in [7, 11) is 1.65. The standard InChI is InChI=1S/C19H23N3O7S2/c1-6-27-17(24)12-9(3)14(19(26)28-7-2)30-16(12)21-11(23)8-29-18(25)13-10(4)22-31-15(13)20-5/h20H,6-8H2,1-5H3,(H,21,23). The molecule has 12 heteroatoms. The first kappa shape index (κ1) is 24.3. The minimum Gasteiger partial charge on any atom is -0.462 e. The fourth-order valence-electron chi connectivity index (χ4n) is 2.59. The molecule has 0 aliphatic rings. The Morgan fingerprint density at radius 1 is 0.903 bits per heavy atom. The van der Waals surface area contributed by atoms with Crippen LogP contribution in [0.3, 0.4) is 0 Å². The van der Waals surface area contributed by atoms with Gasteiger partial charge < -0.3 is 24.8 Å². The molecular formula is C19H23N3O7S2. The second-order valence-electron chi connectivity index (χ2n) is 6.05. The highest BCUT2D eigenvalue weighted by Gasteiger charge is 2.28. The van der Waals surface area contributed by atoms with Crippen molar-refractivity contribution in [3.63, 3.8) is 0 Å². The van der Waals surface area contributed by atoms with Crippen molar-refractivity contribution < 1.29 is 33.4 Å². The number of aryl methyl sites for hydroxylation is 1. The molecule has 0 aliphatic carbocycles. The molecule has 2 heterocycles. The number of esters is 3. The smallest absolute Gasteiger partial charge is 0.348 e. The summed E-state index contributed by atoms with van der Waals surface area (Å²) in [6, 6.07) is 0. The Hall–Kier alpha value is -2.99. The maximum atomic E-state index is 12.4. The van der Waals surface area contributed by atoms with Crippen LogP contribution in [0.4, 0.5) is 10.0 Å². The number of rotatable bonds is 9. The van der Waals surface area contributed by atoms with Crippen LogP contribution >= 0.6 is 22.9 Å². The van der Waals surface area contributed by atoms with E-state index in [0.29, 0.717) is 16.3 Å². The summed E-state index contributed by atoms with van der Waals surface area (Å²) >= 11 is 2.00. The van der Waals surface area contributed by atoms with Crippen LogP contribution in [-0.2, 0) is 19.0 Å². The third kappa shape index (κ3) is 5.58. The minimum absolute atomic E-state index is 0.0601. The van der Waals surface area contributed by atoms with Gasteiger partial charge in [-0.25, -0.2) is 14.4 Å². The molecule has 31 heavy (non-hydrogen) atoms. The first-order valence-corrected chi connectivity index (χ1v) is 10.9. The Labute approximate surface area is 187 Å². The lowest BCUT2D eigenvalue weighted by Crippen LogP contribution is -2.22. The average molecular weight is 470 g/mol. The maximum Gasteiger partial charge on any atom is 0.348 e. The van der Waals surface area contributed by atoms with Gasteiger partial charge in [0.2, 0.25) is 0 Å². The Kier molecular flexibility index (Phi) is 8.51. The van der Waals surface area contributed by atoms with Gasteiger partial charge in [-0.3, -0.25) is 4.79 Å². The molecule has 0 atom stereocenters. The molecule has 2 rings (SSSR count). The van der Waals surface area contributed by atoms with E-state index in [9.17, 15) is 19.2 Å². The number of anilines is 2. The van der Waals surface area contributed by atoms with E-state index in [-0.39, 0.29) is 34.2 Å².